The highest BCUT2D eigenvalue weighted by atomic mass is 19.4. The van der Waals surface area contributed by atoms with Gasteiger partial charge in [-0.15, -0.1) is 0 Å². The Hall–Kier alpha value is -3.16. The average molecular weight is 1090 g/mol. The maximum absolute atomic E-state index is 13.9. The van der Waals surface area contributed by atoms with Crippen LogP contribution >= 0.6 is 0 Å². The van der Waals surface area contributed by atoms with Crippen LogP contribution in [0.25, 0.3) is 0 Å². The maximum atomic E-state index is 13.9. The van der Waals surface area contributed by atoms with Crippen LogP contribution in [0, 0.1) is 23.2 Å². The van der Waals surface area contributed by atoms with Gasteiger partial charge in [-0.25, -0.2) is 4.39 Å². The van der Waals surface area contributed by atoms with E-state index in [0.29, 0.717) is 6.42 Å². The molecule has 3 unspecified atom stereocenters. The predicted octanol–water partition coefficient (Wildman–Crippen LogP) is 15.1. The van der Waals surface area contributed by atoms with Crippen LogP contribution in [0.4, 0.5) is 132 Å². The number of hydrogen-bond donors (Lipinski definition) is 0. The smallest absolute Gasteiger partial charge is 0.460 e. The molecule has 0 bridgehead atoms. The molecule has 0 rings (SSSR count). The van der Waals surface area contributed by atoms with Gasteiger partial charge in [-0.2, -0.15) is 127 Å². The van der Waals surface area contributed by atoms with E-state index in [-0.39, 0.29) is 6.42 Å². The van der Waals surface area contributed by atoms with Crippen LogP contribution < -0.4 is 0 Å². The number of esters is 2. The van der Waals surface area contributed by atoms with Gasteiger partial charge in [0.1, 0.15) is 0 Å². The summed E-state index contributed by atoms with van der Waals surface area (Å²) in [7, 11) is 0. The molecular weight excluding hydrogens is 1050 g/mol. The number of carbonyl (C=O) groups excluding carboxylic acids is 2. The summed E-state index contributed by atoms with van der Waals surface area (Å²) >= 11 is 0. The summed E-state index contributed by atoms with van der Waals surface area (Å²) in [6.45, 7) is 7.40. The number of carbonyl (C=O) groups is 2. The zero-order valence-corrected chi connectivity index (χ0v) is 35.9. The number of hydrogen-bond acceptors (Lipinski definition) is 4. The molecule has 0 aliphatic heterocycles. The Morgan fingerprint density at radius 3 is 1.01 bits per heavy atom. The van der Waals surface area contributed by atoms with E-state index >= 15 is 0 Å². The van der Waals surface area contributed by atoms with Gasteiger partial charge in [0.2, 0.25) is 0 Å². The lowest BCUT2D eigenvalue weighted by molar-refractivity contribution is -0.465. The molecule has 3 atom stereocenters. The van der Waals surface area contributed by atoms with Crippen molar-refractivity contribution >= 4 is 11.9 Å². The molecule has 0 aromatic rings. The Bertz CT molecular complexity index is 1660. The van der Waals surface area contributed by atoms with Crippen molar-refractivity contribution in [3.05, 3.63) is 0 Å². The van der Waals surface area contributed by atoms with E-state index in [2.05, 4.69) is 4.74 Å². The van der Waals surface area contributed by atoms with E-state index in [0.717, 1.165) is 20.8 Å². The molecule has 0 aliphatic carbocycles. The second kappa shape index (κ2) is 21.1. The Morgan fingerprint density at radius 1 is 0.391 bits per heavy atom. The van der Waals surface area contributed by atoms with Crippen LogP contribution in [0.5, 0.6) is 0 Å². The first-order valence-corrected chi connectivity index (χ1v) is 18.8. The van der Waals surface area contributed by atoms with Gasteiger partial charge in [-0.05, 0) is 37.0 Å². The monoisotopic (exact) mass is 1090 g/mol. The van der Waals surface area contributed by atoms with Crippen molar-refractivity contribution in [1.29, 1.82) is 0 Å². The Kier molecular flexibility index (Phi) is 20.8. The summed E-state index contributed by atoms with van der Waals surface area (Å²) in [5, 5.41) is 0. The van der Waals surface area contributed by atoms with Crippen LogP contribution in [-0.4, -0.2) is 109 Å². The fourth-order valence-electron chi connectivity index (χ4n) is 4.66. The van der Waals surface area contributed by atoms with E-state index in [4.69, 9.17) is 4.74 Å². The molecule has 0 saturated carbocycles. The predicted molar refractivity (Wildman–Crippen MR) is 174 cm³/mol. The molecule has 0 N–H and O–H groups in total. The van der Waals surface area contributed by atoms with Crippen molar-refractivity contribution < 1.29 is 151 Å². The van der Waals surface area contributed by atoms with Crippen LogP contribution in [0.15, 0.2) is 0 Å². The van der Waals surface area contributed by atoms with Gasteiger partial charge in [-0.3, -0.25) is 9.59 Å². The van der Waals surface area contributed by atoms with Crippen molar-refractivity contribution in [1.82, 2.24) is 0 Å². The van der Waals surface area contributed by atoms with Crippen molar-refractivity contribution in [3.63, 3.8) is 0 Å². The molecule has 0 amide bonds. The lowest BCUT2D eigenvalue weighted by Gasteiger charge is -2.44. The minimum absolute atomic E-state index is 0.230. The summed E-state index contributed by atoms with van der Waals surface area (Å²) in [6, 6.07) is 0. The van der Waals surface area contributed by atoms with Crippen molar-refractivity contribution in [3.8, 4) is 0 Å². The van der Waals surface area contributed by atoms with Gasteiger partial charge in [-0.1, -0.05) is 48.5 Å². The van der Waals surface area contributed by atoms with Crippen LogP contribution in [0.1, 0.15) is 87.0 Å². The molecule has 0 aromatic carbocycles. The van der Waals surface area contributed by atoms with Gasteiger partial charge in [0.25, 0.3) is 0 Å². The third-order valence-corrected chi connectivity index (χ3v) is 10.1. The molecular formula is C35H40F30O4. The fourth-order valence-corrected chi connectivity index (χ4v) is 4.66. The van der Waals surface area contributed by atoms with E-state index < -0.39 is 157 Å². The van der Waals surface area contributed by atoms with Crippen LogP contribution in [-0.2, 0) is 19.1 Å². The van der Waals surface area contributed by atoms with Gasteiger partial charge in [0.15, 0.2) is 0 Å². The summed E-state index contributed by atoms with van der Waals surface area (Å²) in [6.07, 6.45) is -30.6. The quantitative estimate of drug-likeness (QED) is 0.0756. The summed E-state index contributed by atoms with van der Waals surface area (Å²) in [5.74, 6) is -81.4. The lowest BCUT2D eigenvalue weighted by Crippen LogP contribution is -2.76. The highest BCUT2D eigenvalue weighted by Crippen LogP contribution is 2.66. The molecule has 0 heterocycles. The molecule has 34 heteroatoms. The zero-order chi connectivity index (χ0) is 56.5. The van der Waals surface area contributed by atoms with Crippen molar-refractivity contribution in [2.24, 2.45) is 23.2 Å². The second-order valence-electron chi connectivity index (χ2n) is 16.3. The van der Waals surface area contributed by atoms with E-state index in [9.17, 15) is 141 Å². The van der Waals surface area contributed by atoms with Gasteiger partial charge in [0, 0.05) is 12.8 Å². The molecule has 69 heavy (non-hydrogen) atoms. The zero-order valence-electron chi connectivity index (χ0n) is 35.9. The molecule has 0 radical (unpaired) electrons. The minimum atomic E-state index is -8.77. The van der Waals surface area contributed by atoms with Crippen LogP contribution in [0.3, 0.4) is 0 Å². The summed E-state index contributed by atoms with van der Waals surface area (Å²) in [5.41, 5.74) is -10.2. The third kappa shape index (κ3) is 12.9. The topological polar surface area (TPSA) is 52.6 Å². The van der Waals surface area contributed by atoms with Gasteiger partial charge >= 0.3 is 95.4 Å². The molecule has 4 nitrogen and oxygen atoms in total. The SMILES string of the molecule is CCC(C)C(=O)OCC(C)(C)CCC(F)(F)C(F)(F)C(F)(F)C(F)(F)C(F)(F)C(F)(F)F.CCC(C)C(=O)OCC(C)CCC(F)(F)C(F)(F)C(F)(F)C(F)(F)C(F)(F)C(F)(C(F)(F)F)C(F)(F)F. The van der Waals surface area contributed by atoms with Crippen molar-refractivity contribution in [2.45, 2.75) is 170 Å². The third-order valence-electron chi connectivity index (χ3n) is 10.1. The standard InChI is InChI=1S/C18H19F17O2.C17H21F13O2/c1-4-9(3)10(36)37-7-8(2)5-6-11(19,20)13(22,23)15(26,27)16(28,29)14(24,25)12(21,17(30,31)32)18(33,34)35;1-5-9(2)10(31)32-8-11(3,4)6-7-12(18,19)13(20,21)14(22,23)15(24,25)16(26,27)17(28,29)30/h8-9H,4-7H2,1-3H3;9H,5-8H2,1-4H3. The first-order valence-electron chi connectivity index (χ1n) is 18.8. The molecule has 0 aromatic heterocycles. The Morgan fingerprint density at radius 2 is 0.696 bits per heavy atom. The normalized spacial score (nSPS) is 16.6. The lowest BCUT2D eigenvalue weighted by atomic mass is 9.83. The second-order valence-corrected chi connectivity index (χ2v) is 16.3. The number of rotatable bonds is 23. The molecule has 414 valence electrons. The minimum Gasteiger partial charge on any atom is -0.465 e. The van der Waals surface area contributed by atoms with Crippen molar-refractivity contribution in [2.75, 3.05) is 13.2 Å². The van der Waals surface area contributed by atoms with Crippen LogP contribution in [0.2, 0.25) is 0 Å². The average Bonchev–Trinajstić information content (AvgIpc) is 3.17. The maximum Gasteiger partial charge on any atom is 0.460 e. The van der Waals surface area contributed by atoms with Gasteiger partial charge < -0.3 is 9.47 Å². The first-order chi connectivity index (χ1) is 29.8. The van der Waals surface area contributed by atoms with Gasteiger partial charge in [0.05, 0.1) is 25.0 Å². The number of alkyl halides is 30. The fraction of sp³-hybridized carbons (Fsp3) is 0.943. The number of ether oxygens (including phenoxy) is 2. The Balaban J connectivity index is 0. The first kappa shape index (κ1) is 67.9. The highest BCUT2D eigenvalue weighted by Gasteiger charge is 2.97. The molecule has 0 fully saturated rings. The van der Waals surface area contributed by atoms with E-state index in [1.165, 1.54) is 20.8 Å². The molecule has 0 aliphatic rings. The summed E-state index contributed by atoms with van der Waals surface area (Å²) in [4.78, 5) is 23.0. The summed E-state index contributed by atoms with van der Waals surface area (Å²) < 4.78 is 405. The molecule has 0 saturated heterocycles. The molecule has 0 spiro atoms. The van der Waals surface area contributed by atoms with E-state index in [1.54, 1.807) is 6.92 Å². The number of halogens is 30. The Labute approximate surface area is 370 Å². The largest absolute Gasteiger partial charge is 0.465 e. The van der Waals surface area contributed by atoms with E-state index in [1.807, 2.05) is 0 Å². The highest BCUT2D eigenvalue weighted by molar-refractivity contribution is 5.72.